The molecular weight excluding hydrogens is 332 g/mol. The second-order valence-corrected chi connectivity index (χ2v) is 7.90. The molecule has 0 aromatic carbocycles. The van der Waals surface area contributed by atoms with Crippen LogP contribution in [0.25, 0.3) is 0 Å². The van der Waals surface area contributed by atoms with E-state index in [1.54, 1.807) is 19.0 Å². The minimum absolute atomic E-state index is 0.0384. The molecule has 26 heavy (non-hydrogen) atoms. The summed E-state index contributed by atoms with van der Waals surface area (Å²) in [6.07, 6.45) is 5.56. The van der Waals surface area contributed by atoms with E-state index in [4.69, 9.17) is 9.47 Å². The smallest absolute Gasteiger partial charge is 0.243 e. The average molecular weight is 367 g/mol. The Labute approximate surface area is 157 Å². The first-order chi connectivity index (χ1) is 12.6. The van der Waals surface area contributed by atoms with Crippen LogP contribution >= 0.6 is 0 Å². The predicted molar refractivity (Wildman–Crippen MR) is 101 cm³/mol. The van der Waals surface area contributed by atoms with Gasteiger partial charge in [0.15, 0.2) is 5.96 Å². The first kappa shape index (κ1) is 19.4. The number of carbonyl (C=O) groups is 1. The van der Waals surface area contributed by atoms with Crippen LogP contribution in [0.15, 0.2) is 4.99 Å². The number of nitrogens with one attached hydrogen (secondary N) is 1. The van der Waals surface area contributed by atoms with E-state index in [1.807, 2.05) is 0 Å². The molecule has 0 aromatic heterocycles. The summed E-state index contributed by atoms with van der Waals surface area (Å²) in [7, 11) is 3.56. The van der Waals surface area contributed by atoms with E-state index in [9.17, 15) is 4.79 Å². The molecule has 7 nitrogen and oxygen atoms in total. The molecule has 3 rings (SSSR count). The molecule has 1 unspecified atom stereocenters. The van der Waals surface area contributed by atoms with E-state index in [2.05, 4.69) is 15.2 Å². The fourth-order valence-electron chi connectivity index (χ4n) is 4.10. The third-order valence-corrected chi connectivity index (χ3v) is 5.87. The number of carbonyl (C=O) groups excluding carboxylic acids is 1. The van der Waals surface area contributed by atoms with Gasteiger partial charge in [0.05, 0.1) is 0 Å². The van der Waals surface area contributed by atoms with Crippen molar-refractivity contribution in [2.75, 3.05) is 60.2 Å². The van der Waals surface area contributed by atoms with Gasteiger partial charge in [-0.05, 0) is 43.9 Å². The number of amides is 1. The number of hydrogen-bond acceptors (Lipinski definition) is 4. The molecule has 3 aliphatic heterocycles. The Morgan fingerprint density at radius 3 is 2.35 bits per heavy atom. The van der Waals surface area contributed by atoms with Crippen LogP contribution in [0, 0.1) is 11.8 Å². The topological polar surface area (TPSA) is 66.4 Å². The second-order valence-electron chi connectivity index (χ2n) is 7.90. The van der Waals surface area contributed by atoms with E-state index in [-0.39, 0.29) is 12.5 Å². The van der Waals surface area contributed by atoms with E-state index < -0.39 is 0 Å². The van der Waals surface area contributed by atoms with Crippen LogP contribution in [0.4, 0.5) is 0 Å². The van der Waals surface area contributed by atoms with Crippen molar-refractivity contribution in [1.82, 2.24) is 15.1 Å². The molecule has 0 radical (unpaired) electrons. The third-order valence-electron chi connectivity index (χ3n) is 5.87. The van der Waals surface area contributed by atoms with Crippen LogP contribution in [-0.2, 0) is 14.3 Å². The Bertz CT molecular complexity index is 485. The molecule has 0 saturated carbocycles. The maximum atomic E-state index is 12.0. The zero-order chi connectivity index (χ0) is 18.4. The molecule has 3 fully saturated rings. The Balaban J connectivity index is 1.62. The lowest BCUT2D eigenvalue weighted by atomic mass is 9.85. The summed E-state index contributed by atoms with van der Waals surface area (Å²) in [4.78, 5) is 20.6. The highest BCUT2D eigenvalue weighted by atomic mass is 16.5. The van der Waals surface area contributed by atoms with Crippen LogP contribution < -0.4 is 5.32 Å². The monoisotopic (exact) mass is 366 g/mol. The number of likely N-dealkylation sites (tertiary alicyclic amines) is 1. The van der Waals surface area contributed by atoms with Gasteiger partial charge in [-0.25, -0.2) is 4.99 Å². The summed E-state index contributed by atoms with van der Waals surface area (Å²) >= 11 is 0. The fraction of sp³-hybridized carbons (Fsp3) is 0.895. The van der Waals surface area contributed by atoms with E-state index >= 15 is 0 Å². The summed E-state index contributed by atoms with van der Waals surface area (Å²) < 4.78 is 11.0. The number of likely N-dealkylation sites (N-methyl/N-ethyl adjacent to an activating group) is 1. The summed E-state index contributed by atoms with van der Waals surface area (Å²) in [6.45, 7) is 5.66. The van der Waals surface area contributed by atoms with Crippen molar-refractivity contribution in [3.05, 3.63) is 0 Å². The van der Waals surface area contributed by atoms with Gasteiger partial charge in [-0.2, -0.15) is 0 Å². The molecule has 0 aliphatic carbocycles. The summed E-state index contributed by atoms with van der Waals surface area (Å²) in [6, 6.07) is 0.388. The van der Waals surface area contributed by atoms with Crippen LogP contribution in [0.3, 0.4) is 0 Å². The van der Waals surface area contributed by atoms with Gasteiger partial charge in [0.2, 0.25) is 5.91 Å². The molecular formula is C19H34N4O3. The molecule has 3 aliphatic rings. The quantitative estimate of drug-likeness (QED) is 0.593. The minimum atomic E-state index is 0.0384. The zero-order valence-corrected chi connectivity index (χ0v) is 16.3. The van der Waals surface area contributed by atoms with Crippen molar-refractivity contribution >= 4 is 11.9 Å². The molecule has 0 aromatic rings. The lowest BCUT2D eigenvalue weighted by Crippen LogP contribution is -2.47. The molecule has 1 amide bonds. The predicted octanol–water partition coefficient (Wildman–Crippen LogP) is 0.948. The van der Waals surface area contributed by atoms with E-state index in [0.29, 0.717) is 12.0 Å². The van der Waals surface area contributed by atoms with Crippen LogP contribution in [0.5, 0.6) is 0 Å². The Morgan fingerprint density at radius 2 is 1.69 bits per heavy atom. The van der Waals surface area contributed by atoms with Gasteiger partial charge >= 0.3 is 0 Å². The molecule has 7 heteroatoms. The summed E-state index contributed by atoms with van der Waals surface area (Å²) in [5.74, 6) is 2.42. The van der Waals surface area contributed by atoms with Gasteiger partial charge in [-0.1, -0.05) is 0 Å². The van der Waals surface area contributed by atoms with Crippen molar-refractivity contribution < 1.29 is 14.3 Å². The van der Waals surface area contributed by atoms with Crippen molar-refractivity contribution in [3.63, 3.8) is 0 Å². The molecule has 1 atom stereocenters. The van der Waals surface area contributed by atoms with E-state index in [0.717, 1.165) is 64.2 Å². The van der Waals surface area contributed by atoms with Gasteiger partial charge in [-0.3, -0.25) is 4.79 Å². The van der Waals surface area contributed by atoms with Gasteiger partial charge in [0.25, 0.3) is 0 Å². The lowest BCUT2D eigenvalue weighted by Gasteiger charge is -2.31. The fourth-order valence-corrected chi connectivity index (χ4v) is 4.10. The standard InChI is InChI=1S/C19H34N4O3/c1-22(2)18(24)13-20-19(21-17-6-11-26-12-7-17)23-8-3-16(14-23)15-4-9-25-10-5-15/h15-17H,3-14H2,1-2H3,(H,20,21). The third kappa shape index (κ3) is 5.33. The van der Waals surface area contributed by atoms with E-state index in [1.165, 1.54) is 19.3 Å². The maximum Gasteiger partial charge on any atom is 0.243 e. The Kier molecular flexibility index (Phi) is 7.14. The van der Waals surface area contributed by atoms with Crippen LogP contribution in [-0.4, -0.2) is 87.9 Å². The zero-order valence-electron chi connectivity index (χ0n) is 16.3. The molecule has 3 saturated heterocycles. The summed E-state index contributed by atoms with van der Waals surface area (Å²) in [5, 5.41) is 3.62. The minimum Gasteiger partial charge on any atom is -0.381 e. The number of rotatable bonds is 4. The number of nitrogens with zero attached hydrogens (tertiary/aromatic N) is 3. The lowest BCUT2D eigenvalue weighted by molar-refractivity contribution is -0.127. The van der Waals surface area contributed by atoms with Crippen molar-refractivity contribution in [2.45, 2.75) is 38.1 Å². The largest absolute Gasteiger partial charge is 0.381 e. The first-order valence-corrected chi connectivity index (χ1v) is 10.0. The molecule has 0 bridgehead atoms. The molecule has 0 spiro atoms. The normalized spacial score (nSPS) is 26.2. The number of aliphatic imine (C=N–C) groups is 1. The van der Waals surface area contributed by atoms with Crippen molar-refractivity contribution in [3.8, 4) is 0 Å². The van der Waals surface area contributed by atoms with Crippen molar-refractivity contribution in [1.29, 1.82) is 0 Å². The average Bonchev–Trinajstić information content (AvgIpc) is 3.16. The van der Waals surface area contributed by atoms with Gasteiger partial charge in [-0.15, -0.1) is 0 Å². The van der Waals surface area contributed by atoms with Crippen molar-refractivity contribution in [2.24, 2.45) is 16.8 Å². The molecule has 148 valence electrons. The first-order valence-electron chi connectivity index (χ1n) is 10.0. The highest BCUT2D eigenvalue weighted by Gasteiger charge is 2.32. The number of guanidine groups is 1. The van der Waals surface area contributed by atoms with Gasteiger partial charge in [0, 0.05) is 59.7 Å². The Hall–Kier alpha value is -1.34. The second kappa shape index (κ2) is 9.55. The Morgan fingerprint density at radius 1 is 1.04 bits per heavy atom. The summed E-state index contributed by atoms with van der Waals surface area (Å²) in [5.41, 5.74) is 0. The van der Waals surface area contributed by atoms with Gasteiger partial charge in [0.1, 0.15) is 6.54 Å². The SMILES string of the molecule is CN(C)C(=O)CN=C(NC1CCOCC1)N1CCC(C2CCOCC2)C1. The van der Waals surface area contributed by atoms with Crippen LogP contribution in [0.2, 0.25) is 0 Å². The highest BCUT2D eigenvalue weighted by molar-refractivity contribution is 5.85. The molecule has 1 N–H and O–H groups in total. The highest BCUT2D eigenvalue weighted by Crippen LogP contribution is 2.31. The molecule has 3 heterocycles. The maximum absolute atomic E-state index is 12.0. The van der Waals surface area contributed by atoms with Crippen LogP contribution in [0.1, 0.15) is 32.1 Å². The number of ether oxygens (including phenoxy) is 2. The number of hydrogen-bond donors (Lipinski definition) is 1. The van der Waals surface area contributed by atoms with Gasteiger partial charge < -0.3 is 24.6 Å².